The molecule has 0 amide bonds. The van der Waals surface area contributed by atoms with Crippen molar-refractivity contribution in [2.24, 2.45) is 0 Å². The van der Waals surface area contributed by atoms with Crippen molar-refractivity contribution in [3.8, 4) is 5.75 Å². The van der Waals surface area contributed by atoms with Crippen LogP contribution in [0.15, 0.2) is 52.9 Å². The first kappa shape index (κ1) is 12.5. The van der Waals surface area contributed by atoms with Gasteiger partial charge in [0.25, 0.3) is 0 Å². The van der Waals surface area contributed by atoms with E-state index >= 15 is 0 Å². The number of fused-ring (bicyclic) bond motifs is 1. The number of para-hydroxylation sites is 1. The lowest BCUT2D eigenvalue weighted by atomic mass is 10.3. The Morgan fingerprint density at radius 3 is 2.80 bits per heavy atom. The van der Waals surface area contributed by atoms with Gasteiger partial charge in [0.05, 0.1) is 7.11 Å². The van der Waals surface area contributed by atoms with Crippen LogP contribution in [0.5, 0.6) is 5.75 Å². The predicted molar refractivity (Wildman–Crippen MR) is 79.2 cm³/mol. The van der Waals surface area contributed by atoms with Crippen molar-refractivity contribution < 1.29 is 9.15 Å². The van der Waals surface area contributed by atoms with Gasteiger partial charge in [0.1, 0.15) is 11.3 Å². The molecule has 0 aliphatic heterocycles. The second-order valence-corrected chi connectivity index (χ2v) is 4.48. The Morgan fingerprint density at radius 1 is 1.15 bits per heavy atom. The summed E-state index contributed by atoms with van der Waals surface area (Å²) in [6.45, 7) is 0.786. The molecule has 20 heavy (non-hydrogen) atoms. The van der Waals surface area contributed by atoms with Gasteiger partial charge in [-0.2, -0.15) is 0 Å². The molecular weight excluding hydrogens is 252 g/mol. The second-order valence-electron chi connectivity index (χ2n) is 4.48. The Morgan fingerprint density at radius 2 is 2.00 bits per heavy atom. The third-order valence-electron chi connectivity index (χ3n) is 3.08. The van der Waals surface area contributed by atoms with Gasteiger partial charge in [0.15, 0.2) is 11.5 Å². The number of hydrogen-bond acceptors (Lipinski definition) is 4. The van der Waals surface area contributed by atoms with Gasteiger partial charge >= 0.3 is 0 Å². The zero-order chi connectivity index (χ0) is 13.8. The predicted octanol–water partition coefficient (Wildman–Crippen LogP) is 3.49. The first-order valence-corrected chi connectivity index (χ1v) is 6.57. The smallest absolute Gasteiger partial charge is 0.197 e. The minimum atomic E-state index is 0.733. The molecule has 1 heterocycles. The van der Waals surface area contributed by atoms with E-state index < -0.39 is 0 Å². The Bertz CT molecular complexity index is 692. The van der Waals surface area contributed by atoms with E-state index in [9.17, 15) is 0 Å². The number of anilines is 1. The summed E-state index contributed by atoms with van der Waals surface area (Å²) in [5.74, 6) is 1.51. The number of nitrogens with one attached hydrogen (secondary N) is 1. The lowest BCUT2D eigenvalue weighted by Gasteiger charge is -2.03. The third kappa shape index (κ3) is 2.74. The first-order chi connectivity index (χ1) is 9.85. The zero-order valence-electron chi connectivity index (χ0n) is 11.3. The van der Waals surface area contributed by atoms with Gasteiger partial charge in [-0.25, -0.2) is 4.98 Å². The van der Waals surface area contributed by atoms with Crippen LogP contribution in [0.2, 0.25) is 0 Å². The fraction of sp³-hybridized carbons (Fsp3) is 0.188. The fourth-order valence-electron chi connectivity index (χ4n) is 2.06. The summed E-state index contributed by atoms with van der Waals surface area (Å²) in [7, 11) is 1.64. The molecule has 4 heteroatoms. The highest BCUT2D eigenvalue weighted by Gasteiger charge is 2.06. The molecule has 0 radical (unpaired) electrons. The molecule has 0 aliphatic carbocycles. The molecule has 0 aliphatic rings. The quantitative estimate of drug-likeness (QED) is 0.769. The SMILES string of the molecule is COc1ccc2nc(CCNc3ccccc3)oc2c1. The lowest BCUT2D eigenvalue weighted by molar-refractivity contribution is 0.414. The average Bonchev–Trinajstić information content (AvgIpc) is 2.90. The Balaban J connectivity index is 1.66. The summed E-state index contributed by atoms with van der Waals surface area (Å²) < 4.78 is 10.9. The molecule has 0 fully saturated rings. The zero-order valence-corrected chi connectivity index (χ0v) is 11.3. The van der Waals surface area contributed by atoms with Gasteiger partial charge in [-0.3, -0.25) is 0 Å². The van der Waals surface area contributed by atoms with Crippen molar-refractivity contribution in [3.05, 3.63) is 54.4 Å². The molecule has 0 unspecified atom stereocenters. The highest BCUT2D eigenvalue weighted by atomic mass is 16.5. The summed E-state index contributed by atoms with van der Waals surface area (Å²) >= 11 is 0. The maximum absolute atomic E-state index is 5.72. The Hall–Kier alpha value is -2.49. The standard InChI is InChI=1S/C16H16N2O2/c1-19-13-7-8-14-15(11-13)20-16(18-14)9-10-17-12-5-3-2-4-6-12/h2-8,11,17H,9-10H2,1H3. The molecule has 0 saturated carbocycles. The van der Waals surface area contributed by atoms with E-state index in [2.05, 4.69) is 10.3 Å². The van der Waals surface area contributed by atoms with E-state index in [0.29, 0.717) is 0 Å². The fourth-order valence-corrected chi connectivity index (χ4v) is 2.06. The summed E-state index contributed by atoms with van der Waals surface area (Å²) in [4.78, 5) is 4.46. The molecule has 0 atom stereocenters. The number of benzene rings is 2. The second kappa shape index (κ2) is 5.65. The van der Waals surface area contributed by atoms with Crippen molar-refractivity contribution in [2.45, 2.75) is 6.42 Å². The van der Waals surface area contributed by atoms with Gasteiger partial charge in [-0.05, 0) is 24.3 Å². The molecule has 4 nitrogen and oxygen atoms in total. The van der Waals surface area contributed by atoms with Gasteiger partial charge in [-0.1, -0.05) is 18.2 Å². The monoisotopic (exact) mass is 268 g/mol. The molecule has 1 aromatic heterocycles. The number of hydrogen-bond donors (Lipinski definition) is 1. The number of nitrogens with zero attached hydrogens (tertiary/aromatic N) is 1. The molecule has 3 aromatic rings. The van der Waals surface area contributed by atoms with Crippen molar-refractivity contribution in [1.29, 1.82) is 0 Å². The molecule has 3 rings (SSSR count). The maximum Gasteiger partial charge on any atom is 0.197 e. The van der Waals surface area contributed by atoms with Crippen LogP contribution in [0.3, 0.4) is 0 Å². The van der Waals surface area contributed by atoms with Crippen molar-refractivity contribution in [1.82, 2.24) is 4.98 Å². The van der Waals surface area contributed by atoms with E-state index in [-0.39, 0.29) is 0 Å². The summed E-state index contributed by atoms with van der Waals surface area (Å²) in [6.07, 6.45) is 0.742. The molecule has 1 N–H and O–H groups in total. The van der Waals surface area contributed by atoms with Crippen LogP contribution >= 0.6 is 0 Å². The molecule has 102 valence electrons. The third-order valence-corrected chi connectivity index (χ3v) is 3.08. The van der Waals surface area contributed by atoms with Crippen LogP contribution in [0.1, 0.15) is 5.89 Å². The number of oxazole rings is 1. The molecule has 2 aromatic carbocycles. The van der Waals surface area contributed by atoms with Crippen molar-refractivity contribution in [2.75, 3.05) is 19.0 Å². The van der Waals surface area contributed by atoms with E-state index in [1.54, 1.807) is 7.11 Å². The largest absolute Gasteiger partial charge is 0.497 e. The van der Waals surface area contributed by atoms with Crippen LogP contribution in [0.25, 0.3) is 11.1 Å². The van der Waals surface area contributed by atoms with Gasteiger partial charge < -0.3 is 14.5 Å². The van der Waals surface area contributed by atoms with Crippen LogP contribution in [-0.2, 0) is 6.42 Å². The van der Waals surface area contributed by atoms with Crippen LogP contribution < -0.4 is 10.1 Å². The summed E-state index contributed by atoms with van der Waals surface area (Å²) in [6, 6.07) is 15.7. The normalized spacial score (nSPS) is 10.7. The van der Waals surface area contributed by atoms with Crippen LogP contribution in [0, 0.1) is 0 Å². The molecule has 0 spiro atoms. The number of methoxy groups -OCH3 is 1. The molecular formula is C16H16N2O2. The summed E-state index contributed by atoms with van der Waals surface area (Å²) in [5.41, 5.74) is 2.73. The van der Waals surface area contributed by atoms with Gasteiger partial charge in [-0.15, -0.1) is 0 Å². The maximum atomic E-state index is 5.72. The van der Waals surface area contributed by atoms with Crippen LogP contribution in [0.4, 0.5) is 5.69 Å². The minimum absolute atomic E-state index is 0.733. The first-order valence-electron chi connectivity index (χ1n) is 6.57. The van der Waals surface area contributed by atoms with Crippen molar-refractivity contribution in [3.63, 3.8) is 0 Å². The average molecular weight is 268 g/mol. The van der Waals surface area contributed by atoms with E-state index in [1.165, 1.54) is 0 Å². The van der Waals surface area contributed by atoms with E-state index in [4.69, 9.17) is 9.15 Å². The number of rotatable bonds is 5. The minimum Gasteiger partial charge on any atom is -0.497 e. The number of aromatic nitrogens is 1. The van der Waals surface area contributed by atoms with E-state index in [1.807, 2.05) is 48.5 Å². The lowest BCUT2D eigenvalue weighted by Crippen LogP contribution is -2.04. The van der Waals surface area contributed by atoms with Crippen molar-refractivity contribution >= 4 is 16.8 Å². The summed E-state index contributed by atoms with van der Waals surface area (Å²) in [5, 5.41) is 3.34. The highest BCUT2D eigenvalue weighted by molar-refractivity contribution is 5.74. The van der Waals surface area contributed by atoms with Gasteiger partial charge in [0, 0.05) is 24.7 Å². The molecule has 0 bridgehead atoms. The molecule has 0 saturated heterocycles. The number of ether oxygens (including phenoxy) is 1. The van der Waals surface area contributed by atoms with E-state index in [0.717, 1.165) is 41.4 Å². The Kier molecular flexibility index (Phi) is 3.54. The Labute approximate surface area is 117 Å². The van der Waals surface area contributed by atoms with Crippen LogP contribution in [-0.4, -0.2) is 18.6 Å². The van der Waals surface area contributed by atoms with Gasteiger partial charge in [0.2, 0.25) is 0 Å². The topological polar surface area (TPSA) is 47.3 Å². The highest BCUT2D eigenvalue weighted by Crippen LogP contribution is 2.21.